The molecular formula is C21H26N6O3S2. The maximum atomic E-state index is 13.3. The Balaban J connectivity index is 1.48. The van der Waals surface area contributed by atoms with Gasteiger partial charge in [0.2, 0.25) is 15.9 Å². The number of anilines is 1. The topological polar surface area (TPSA) is 110 Å². The van der Waals surface area contributed by atoms with E-state index in [2.05, 4.69) is 20.4 Å². The predicted octanol–water partition coefficient (Wildman–Crippen LogP) is 3.05. The maximum absolute atomic E-state index is 13.3. The SMILES string of the molecule is CN(C1CCCCC1)S(=O)(=O)c1ccccc1NC(=O)CSc1ncnc2c1cnn2C. The molecule has 1 aliphatic carbocycles. The highest BCUT2D eigenvalue weighted by molar-refractivity contribution is 8.00. The van der Waals surface area contributed by atoms with E-state index in [9.17, 15) is 13.2 Å². The summed E-state index contributed by atoms with van der Waals surface area (Å²) in [6, 6.07) is 6.54. The smallest absolute Gasteiger partial charge is 0.245 e. The summed E-state index contributed by atoms with van der Waals surface area (Å²) in [6.45, 7) is 0. The van der Waals surface area contributed by atoms with Gasteiger partial charge >= 0.3 is 0 Å². The highest BCUT2D eigenvalue weighted by Crippen LogP contribution is 2.30. The zero-order chi connectivity index (χ0) is 22.7. The molecule has 11 heteroatoms. The first-order valence-corrected chi connectivity index (χ1v) is 12.9. The Labute approximate surface area is 191 Å². The number of benzene rings is 1. The number of carbonyl (C=O) groups excluding carboxylic acids is 1. The molecule has 0 aliphatic heterocycles. The van der Waals surface area contributed by atoms with E-state index in [4.69, 9.17) is 0 Å². The van der Waals surface area contributed by atoms with Crippen molar-refractivity contribution < 1.29 is 13.2 Å². The molecule has 1 aromatic carbocycles. The molecule has 1 saturated carbocycles. The second-order valence-electron chi connectivity index (χ2n) is 7.83. The van der Waals surface area contributed by atoms with Crippen LogP contribution in [0.4, 0.5) is 5.69 Å². The lowest BCUT2D eigenvalue weighted by Gasteiger charge is -2.30. The highest BCUT2D eigenvalue weighted by Gasteiger charge is 2.31. The molecule has 1 aliphatic rings. The minimum absolute atomic E-state index is 0.00674. The van der Waals surface area contributed by atoms with Crippen molar-refractivity contribution in [2.75, 3.05) is 18.1 Å². The number of nitrogens with zero attached hydrogens (tertiary/aromatic N) is 5. The quantitative estimate of drug-likeness (QED) is 0.414. The van der Waals surface area contributed by atoms with Gasteiger partial charge in [-0.05, 0) is 25.0 Å². The molecule has 0 bridgehead atoms. The highest BCUT2D eigenvalue weighted by atomic mass is 32.2. The third kappa shape index (κ3) is 4.64. The second-order valence-corrected chi connectivity index (χ2v) is 10.8. The molecule has 0 saturated heterocycles. The van der Waals surface area contributed by atoms with Crippen LogP contribution in [0.15, 0.2) is 46.7 Å². The van der Waals surface area contributed by atoms with E-state index in [0.717, 1.165) is 37.5 Å². The summed E-state index contributed by atoms with van der Waals surface area (Å²) >= 11 is 1.26. The zero-order valence-electron chi connectivity index (χ0n) is 18.1. The van der Waals surface area contributed by atoms with Crippen molar-refractivity contribution in [2.24, 2.45) is 7.05 Å². The largest absolute Gasteiger partial charge is 0.324 e. The van der Waals surface area contributed by atoms with Gasteiger partial charge in [-0.15, -0.1) is 0 Å². The summed E-state index contributed by atoms with van der Waals surface area (Å²) in [5.41, 5.74) is 0.972. The standard InChI is InChI=1S/C21H26N6O3S2/c1-26-20-16(12-24-26)21(23-14-22-20)31-13-19(28)25-17-10-6-7-11-18(17)32(29,30)27(2)15-8-4-3-5-9-15/h6-7,10-12,14-15H,3-5,8-9,13H2,1-2H3,(H,25,28). The van der Waals surface area contributed by atoms with Gasteiger partial charge in [0.15, 0.2) is 5.65 Å². The number of aromatic nitrogens is 4. The average molecular weight is 475 g/mol. The maximum Gasteiger partial charge on any atom is 0.245 e. The molecule has 1 amide bonds. The van der Waals surface area contributed by atoms with Gasteiger partial charge in [-0.3, -0.25) is 9.48 Å². The summed E-state index contributed by atoms with van der Waals surface area (Å²) in [5.74, 6) is -0.234. The fourth-order valence-corrected chi connectivity index (χ4v) is 6.29. The van der Waals surface area contributed by atoms with Gasteiger partial charge in [-0.1, -0.05) is 43.2 Å². The average Bonchev–Trinajstić information content (AvgIpc) is 3.19. The molecule has 2 heterocycles. The number of aryl methyl sites for hydroxylation is 1. The van der Waals surface area contributed by atoms with Crippen LogP contribution < -0.4 is 5.32 Å². The van der Waals surface area contributed by atoms with Crippen LogP contribution in [0, 0.1) is 0 Å². The molecule has 0 radical (unpaired) electrons. The lowest BCUT2D eigenvalue weighted by atomic mass is 9.96. The van der Waals surface area contributed by atoms with Gasteiger partial charge in [-0.2, -0.15) is 9.40 Å². The fourth-order valence-electron chi connectivity index (χ4n) is 3.97. The molecule has 9 nitrogen and oxygen atoms in total. The summed E-state index contributed by atoms with van der Waals surface area (Å²) in [6.07, 6.45) is 8.05. The fraction of sp³-hybridized carbons (Fsp3) is 0.429. The van der Waals surface area contributed by atoms with Crippen LogP contribution >= 0.6 is 11.8 Å². The van der Waals surface area contributed by atoms with Crippen LogP contribution in [-0.2, 0) is 21.9 Å². The first kappa shape index (κ1) is 22.7. The molecule has 170 valence electrons. The molecule has 2 aromatic heterocycles. The molecule has 4 rings (SSSR count). The first-order valence-electron chi connectivity index (χ1n) is 10.5. The van der Waals surface area contributed by atoms with Gasteiger partial charge in [0.1, 0.15) is 16.2 Å². The molecule has 1 N–H and O–H groups in total. The number of amides is 1. The Morgan fingerprint density at radius 1 is 1.22 bits per heavy atom. The molecule has 32 heavy (non-hydrogen) atoms. The van der Waals surface area contributed by atoms with Crippen molar-refractivity contribution in [1.82, 2.24) is 24.1 Å². The van der Waals surface area contributed by atoms with Gasteiger partial charge < -0.3 is 5.32 Å². The van der Waals surface area contributed by atoms with Crippen molar-refractivity contribution in [3.63, 3.8) is 0 Å². The normalized spacial score (nSPS) is 15.3. The number of hydrogen-bond acceptors (Lipinski definition) is 7. The third-order valence-electron chi connectivity index (χ3n) is 5.74. The number of rotatable bonds is 7. The van der Waals surface area contributed by atoms with Crippen molar-refractivity contribution in [1.29, 1.82) is 0 Å². The summed E-state index contributed by atoms with van der Waals surface area (Å²) in [5, 5.41) is 8.36. The Morgan fingerprint density at radius 2 is 1.97 bits per heavy atom. The Hall–Kier alpha value is -2.50. The van der Waals surface area contributed by atoms with Crippen molar-refractivity contribution in [3.8, 4) is 0 Å². The van der Waals surface area contributed by atoms with Crippen LogP contribution in [0.2, 0.25) is 0 Å². The van der Waals surface area contributed by atoms with Gasteiger partial charge in [0.05, 0.1) is 23.0 Å². The zero-order valence-corrected chi connectivity index (χ0v) is 19.7. The van der Waals surface area contributed by atoms with E-state index in [0.29, 0.717) is 10.7 Å². The Kier molecular flexibility index (Phi) is 6.77. The number of sulfonamides is 1. The molecule has 0 spiro atoms. The monoisotopic (exact) mass is 474 g/mol. The molecule has 1 fully saturated rings. The van der Waals surface area contributed by atoms with Gasteiger partial charge in [0.25, 0.3) is 0 Å². The Bertz CT molecular complexity index is 1220. The van der Waals surface area contributed by atoms with Crippen LogP contribution in [0.3, 0.4) is 0 Å². The van der Waals surface area contributed by atoms with E-state index in [-0.39, 0.29) is 28.3 Å². The number of hydrogen-bond donors (Lipinski definition) is 1. The predicted molar refractivity (Wildman–Crippen MR) is 124 cm³/mol. The van der Waals surface area contributed by atoms with Crippen LogP contribution in [0.25, 0.3) is 11.0 Å². The number of nitrogens with one attached hydrogen (secondary N) is 1. The lowest BCUT2D eigenvalue weighted by Crippen LogP contribution is -2.38. The Morgan fingerprint density at radius 3 is 2.75 bits per heavy atom. The van der Waals surface area contributed by atoms with E-state index >= 15 is 0 Å². The number of fused-ring (bicyclic) bond motifs is 1. The summed E-state index contributed by atoms with van der Waals surface area (Å²) in [7, 11) is -0.305. The van der Waals surface area contributed by atoms with E-state index in [1.165, 1.54) is 22.4 Å². The van der Waals surface area contributed by atoms with Crippen LogP contribution in [-0.4, -0.2) is 57.2 Å². The lowest BCUT2D eigenvalue weighted by molar-refractivity contribution is -0.113. The van der Waals surface area contributed by atoms with Gasteiger partial charge in [0, 0.05) is 20.1 Å². The van der Waals surface area contributed by atoms with Gasteiger partial charge in [-0.25, -0.2) is 18.4 Å². The minimum Gasteiger partial charge on any atom is -0.324 e. The third-order valence-corrected chi connectivity index (χ3v) is 8.71. The van der Waals surface area contributed by atoms with E-state index in [1.807, 2.05) is 0 Å². The van der Waals surface area contributed by atoms with E-state index < -0.39 is 10.0 Å². The molecule has 3 aromatic rings. The molecule has 0 unspecified atom stereocenters. The number of carbonyl (C=O) groups is 1. The first-order chi connectivity index (χ1) is 15.4. The summed E-state index contributed by atoms with van der Waals surface area (Å²) < 4.78 is 29.7. The molecular weight excluding hydrogens is 448 g/mol. The number of para-hydroxylation sites is 1. The molecule has 0 atom stereocenters. The van der Waals surface area contributed by atoms with Crippen molar-refractivity contribution in [3.05, 3.63) is 36.8 Å². The minimum atomic E-state index is -3.73. The van der Waals surface area contributed by atoms with Crippen molar-refractivity contribution in [2.45, 2.75) is 48.1 Å². The van der Waals surface area contributed by atoms with Crippen molar-refractivity contribution >= 4 is 44.4 Å². The van der Waals surface area contributed by atoms with Crippen LogP contribution in [0.5, 0.6) is 0 Å². The van der Waals surface area contributed by atoms with Crippen LogP contribution in [0.1, 0.15) is 32.1 Å². The number of thioether (sulfide) groups is 1. The summed E-state index contributed by atoms with van der Waals surface area (Å²) in [4.78, 5) is 21.2. The van der Waals surface area contributed by atoms with E-state index in [1.54, 1.807) is 49.2 Å². The second kappa shape index (κ2) is 9.55.